The Balaban J connectivity index is 1.99. The minimum Gasteiger partial charge on any atom is -0.369 e. The van der Waals surface area contributed by atoms with Gasteiger partial charge >= 0.3 is 0 Å². The first kappa shape index (κ1) is 14.5. The summed E-state index contributed by atoms with van der Waals surface area (Å²) in [5.41, 5.74) is 6.63. The van der Waals surface area contributed by atoms with Gasteiger partial charge in [0.2, 0.25) is 5.95 Å². The van der Waals surface area contributed by atoms with Crippen LogP contribution in [0.15, 0.2) is 24.3 Å². The van der Waals surface area contributed by atoms with Gasteiger partial charge in [-0.15, -0.1) is 0 Å². The summed E-state index contributed by atoms with van der Waals surface area (Å²) in [7, 11) is 0. The molecule has 1 aromatic heterocycles. The zero-order valence-electron chi connectivity index (χ0n) is 12.3. The molecule has 0 saturated heterocycles. The van der Waals surface area contributed by atoms with Crippen molar-refractivity contribution < 1.29 is 0 Å². The lowest BCUT2D eigenvalue weighted by molar-refractivity contribution is 0.303. The number of aromatic nitrogens is 2. The first-order valence-electron chi connectivity index (χ1n) is 7.23. The molecule has 20 heavy (non-hydrogen) atoms. The zero-order chi connectivity index (χ0) is 14.4. The number of hydrogen-bond donors (Lipinski definition) is 2. The van der Waals surface area contributed by atoms with Gasteiger partial charge in [-0.2, -0.15) is 4.98 Å². The van der Waals surface area contributed by atoms with Crippen LogP contribution in [0.5, 0.6) is 0 Å². The molecule has 0 aliphatic carbocycles. The molecule has 0 unspecified atom stereocenters. The second kappa shape index (κ2) is 7.05. The molecule has 0 fully saturated rings. The maximum atomic E-state index is 5.75. The highest BCUT2D eigenvalue weighted by atomic mass is 15.1. The van der Waals surface area contributed by atoms with Crippen molar-refractivity contribution >= 4 is 22.7 Å². The molecule has 108 valence electrons. The highest BCUT2D eigenvalue weighted by Crippen LogP contribution is 2.20. The van der Waals surface area contributed by atoms with E-state index in [2.05, 4.69) is 34.0 Å². The Hall–Kier alpha value is -1.88. The smallest absolute Gasteiger partial charge is 0.222 e. The lowest BCUT2D eigenvalue weighted by atomic mass is 10.2. The van der Waals surface area contributed by atoms with Gasteiger partial charge in [-0.05, 0) is 38.2 Å². The molecular formula is C15H23N5. The van der Waals surface area contributed by atoms with Crippen molar-refractivity contribution in [3.63, 3.8) is 0 Å². The van der Waals surface area contributed by atoms with E-state index in [4.69, 9.17) is 5.73 Å². The highest BCUT2D eigenvalue weighted by molar-refractivity contribution is 5.89. The quantitative estimate of drug-likeness (QED) is 0.758. The van der Waals surface area contributed by atoms with Crippen molar-refractivity contribution in [1.82, 2.24) is 14.9 Å². The summed E-state index contributed by atoms with van der Waals surface area (Å²) in [5.74, 6) is 1.14. The number of anilines is 2. The molecular weight excluding hydrogens is 250 g/mol. The second-order valence-electron chi connectivity index (χ2n) is 4.75. The third-order valence-electron chi connectivity index (χ3n) is 3.46. The maximum Gasteiger partial charge on any atom is 0.222 e. The van der Waals surface area contributed by atoms with Crippen LogP contribution in [-0.4, -0.2) is 41.0 Å². The first-order chi connectivity index (χ1) is 9.74. The van der Waals surface area contributed by atoms with Gasteiger partial charge < -0.3 is 16.0 Å². The molecule has 2 aromatic rings. The molecule has 0 aliphatic heterocycles. The summed E-state index contributed by atoms with van der Waals surface area (Å²) >= 11 is 0. The van der Waals surface area contributed by atoms with Crippen molar-refractivity contribution in [2.45, 2.75) is 20.3 Å². The van der Waals surface area contributed by atoms with E-state index < -0.39 is 0 Å². The predicted molar refractivity (Wildman–Crippen MR) is 84.8 cm³/mol. The molecule has 1 heterocycles. The number of nitrogens with one attached hydrogen (secondary N) is 1. The van der Waals surface area contributed by atoms with Crippen LogP contribution in [0.3, 0.4) is 0 Å². The Kier molecular flexibility index (Phi) is 5.12. The van der Waals surface area contributed by atoms with Crippen LogP contribution >= 0.6 is 0 Å². The average Bonchev–Trinajstić information content (AvgIpc) is 2.47. The van der Waals surface area contributed by atoms with Crippen molar-refractivity contribution in [3.05, 3.63) is 24.3 Å². The van der Waals surface area contributed by atoms with E-state index >= 15 is 0 Å². The van der Waals surface area contributed by atoms with Crippen molar-refractivity contribution in [2.24, 2.45) is 0 Å². The third-order valence-corrected chi connectivity index (χ3v) is 3.46. The Morgan fingerprint density at radius 3 is 2.65 bits per heavy atom. The van der Waals surface area contributed by atoms with E-state index in [9.17, 15) is 0 Å². The van der Waals surface area contributed by atoms with Gasteiger partial charge in [0.15, 0.2) is 0 Å². The van der Waals surface area contributed by atoms with Crippen molar-refractivity contribution in [2.75, 3.05) is 37.2 Å². The topological polar surface area (TPSA) is 67.1 Å². The fourth-order valence-electron chi connectivity index (χ4n) is 2.28. The van der Waals surface area contributed by atoms with Crippen LogP contribution in [0.4, 0.5) is 11.8 Å². The van der Waals surface area contributed by atoms with Crippen LogP contribution in [0, 0.1) is 0 Å². The molecule has 0 saturated carbocycles. The van der Waals surface area contributed by atoms with E-state index in [1.807, 2.05) is 24.3 Å². The lowest BCUT2D eigenvalue weighted by Gasteiger charge is -2.18. The average molecular weight is 273 g/mol. The molecule has 0 atom stereocenters. The van der Waals surface area contributed by atoms with Crippen LogP contribution in [0.25, 0.3) is 10.9 Å². The number of hydrogen-bond acceptors (Lipinski definition) is 5. The van der Waals surface area contributed by atoms with Crippen LogP contribution in [-0.2, 0) is 0 Å². The van der Waals surface area contributed by atoms with Gasteiger partial charge in [0.05, 0.1) is 5.52 Å². The Labute approximate surface area is 120 Å². The molecule has 5 nitrogen and oxygen atoms in total. The Morgan fingerprint density at radius 1 is 1.15 bits per heavy atom. The molecule has 3 N–H and O–H groups in total. The molecule has 1 aromatic carbocycles. The van der Waals surface area contributed by atoms with Gasteiger partial charge in [0.25, 0.3) is 0 Å². The van der Waals surface area contributed by atoms with E-state index in [-0.39, 0.29) is 0 Å². The SMILES string of the molecule is CCN(CC)CCCNc1nc(N)nc2ccccc12. The van der Waals surface area contributed by atoms with Crippen LogP contribution in [0.1, 0.15) is 20.3 Å². The number of fused-ring (bicyclic) bond motifs is 1. The summed E-state index contributed by atoms with van der Waals surface area (Å²) in [6.45, 7) is 8.56. The van der Waals surface area contributed by atoms with Crippen molar-refractivity contribution in [3.8, 4) is 0 Å². The Morgan fingerprint density at radius 2 is 1.90 bits per heavy atom. The monoisotopic (exact) mass is 273 g/mol. The third kappa shape index (κ3) is 3.57. The van der Waals surface area contributed by atoms with Crippen molar-refractivity contribution in [1.29, 1.82) is 0 Å². The maximum absolute atomic E-state index is 5.75. The first-order valence-corrected chi connectivity index (χ1v) is 7.23. The Bertz CT molecular complexity index is 551. The van der Waals surface area contributed by atoms with E-state index in [0.717, 1.165) is 49.3 Å². The molecule has 0 bridgehead atoms. The summed E-state index contributed by atoms with van der Waals surface area (Å²) in [4.78, 5) is 10.9. The minimum atomic E-state index is 0.315. The van der Waals surface area contributed by atoms with Gasteiger partial charge in [0, 0.05) is 11.9 Å². The number of nitrogens with zero attached hydrogens (tertiary/aromatic N) is 3. The highest BCUT2D eigenvalue weighted by Gasteiger charge is 2.05. The minimum absolute atomic E-state index is 0.315. The lowest BCUT2D eigenvalue weighted by Crippen LogP contribution is -2.25. The number of rotatable bonds is 7. The number of para-hydroxylation sites is 1. The number of nitrogen functional groups attached to an aromatic ring is 1. The predicted octanol–water partition coefficient (Wildman–Crippen LogP) is 2.36. The van der Waals surface area contributed by atoms with Gasteiger partial charge in [0.1, 0.15) is 5.82 Å². The summed E-state index contributed by atoms with van der Waals surface area (Å²) < 4.78 is 0. The van der Waals surface area contributed by atoms with Gasteiger partial charge in [-0.1, -0.05) is 26.0 Å². The molecule has 0 amide bonds. The fourth-order valence-corrected chi connectivity index (χ4v) is 2.28. The number of nitrogens with two attached hydrogens (primary N) is 1. The van der Waals surface area contributed by atoms with E-state index in [0.29, 0.717) is 5.95 Å². The standard InChI is InChI=1S/C15H23N5/c1-3-20(4-2)11-7-10-17-14-12-8-5-6-9-13(12)18-15(16)19-14/h5-6,8-9H,3-4,7,10-11H2,1-2H3,(H3,16,17,18,19). The van der Waals surface area contributed by atoms with Gasteiger partial charge in [-0.25, -0.2) is 4.98 Å². The molecule has 0 radical (unpaired) electrons. The zero-order valence-corrected chi connectivity index (χ0v) is 12.3. The van der Waals surface area contributed by atoms with Crippen LogP contribution in [0.2, 0.25) is 0 Å². The van der Waals surface area contributed by atoms with E-state index in [1.165, 1.54) is 0 Å². The van der Waals surface area contributed by atoms with E-state index in [1.54, 1.807) is 0 Å². The molecule has 2 rings (SSSR count). The summed E-state index contributed by atoms with van der Waals surface area (Å²) in [6.07, 6.45) is 1.08. The second-order valence-corrected chi connectivity index (χ2v) is 4.75. The normalized spacial score (nSPS) is 11.2. The summed E-state index contributed by atoms with van der Waals surface area (Å²) in [5, 5.41) is 4.39. The molecule has 0 aliphatic rings. The largest absolute Gasteiger partial charge is 0.369 e. The number of benzene rings is 1. The molecule has 0 spiro atoms. The fraction of sp³-hybridized carbons (Fsp3) is 0.467. The van der Waals surface area contributed by atoms with Crippen LogP contribution < -0.4 is 11.1 Å². The summed E-state index contributed by atoms with van der Waals surface area (Å²) in [6, 6.07) is 7.91. The molecule has 5 heteroatoms. The van der Waals surface area contributed by atoms with Gasteiger partial charge in [-0.3, -0.25) is 0 Å².